The molecular formula is C18H22N2O3. The smallest absolute Gasteiger partial charge is 0.220 e. The molecule has 0 bridgehead atoms. The number of ketones is 1. The fraction of sp³-hybridized carbons (Fsp3) is 0.444. The molecule has 2 aromatic rings. The number of para-hydroxylation sites is 1. The van der Waals surface area contributed by atoms with E-state index in [-0.39, 0.29) is 18.1 Å². The van der Waals surface area contributed by atoms with E-state index in [0.717, 1.165) is 23.0 Å². The minimum atomic E-state index is -0.751. The molecule has 1 N–H and O–H groups in total. The summed E-state index contributed by atoms with van der Waals surface area (Å²) in [6, 6.07) is 8.10. The Morgan fingerprint density at radius 1 is 1.30 bits per heavy atom. The van der Waals surface area contributed by atoms with E-state index in [9.17, 15) is 9.59 Å². The van der Waals surface area contributed by atoms with Gasteiger partial charge in [-0.1, -0.05) is 18.2 Å². The summed E-state index contributed by atoms with van der Waals surface area (Å²) in [5, 5.41) is 1.16. The molecule has 0 saturated heterocycles. The summed E-state index contributed by atoms with van der Waals surface area (Å²) >= 11 is 0. The molecule has 1 aromatic carbocycles. The van der Waals surface area contributed by atoms with E-state index in [0.29, 0.717) is 13.2 Å². The van der Waals surface area contributed by atoms with Gasteiger partial charge in [0.1, 0.15) is 11.3 Å². The van der Waals surface area contributed by atoms with Gasteiger partial charge in [-0.15, -0.1) is 0 Å². The number of carbonyl (C=O) groups excluding carboxylic acids is 2. The summed E-state index contributed by atoms with van der Waals surface area (Å²) in [5.41, 5.74) is 2.42. The van der Waals surface area contributed by atoms with Crippen LogP contribution < -0.4 is 0 Å². The molecule has 1 atom stereocenters. The number of aromatic amines is 1. The van der Waals surface area contributed by atoms with Crippen LogP contribution in [0.15, 0.2) is 24.3 Å². The van der Waals surface area contributed by atoms with Crippen molar-refractivity contribution in [2.24, 2.45) is 0 Å². The van der Waals surface area contributed by atoms with Crippen molar-refractivity contribution in [2.75, 3.05) is 20.3 Å². The van der Waals surface area contributed by atoms with Gasteiger partial charge in [0.15, 0.2) is 0 Å². The van der Waals surface area contributed by atoms with Crippen LogP contribution >= 0.6 is 0 Å². The molecule has 1 aliphatic heterocycles. The molecule has 0 aliphatic carbocycles. The Bertz CT molecular complexity index is 765. The Balaban J connectivity index is 2.26. The van der Waals surface area contributed by atoms with Crippen LogP contribution in [-0.4, -0.2) is 41.8 Å². The Kier molecular flexibility index (Phi) is 3.98. The number of ether oxygens (including phenoxy) is 1. The maximum Gasteiger partial charge on any atom is 0.220 e. The van der Waals surface area contributed by atoms with E-state index in [2.05, 4.69) is 11.1 Å². The Hall–Kier alpha value is -2.14. The highest BCUT2D eigenvalue weighted by atomic mass is 16.5. The standard InChI is InChI=1S/C18H22N2O3/c1-12(21)10-18(11-23-3)17-15(8-9-20(18)13(2)22)14-6-4-5-7-16(14)19-17/h4-7,19H,8-11H2,1-3H3. The predicted molar refractivity (Wildman–Crippen MR) is 88.2 cm³/mol. The number of hydrogen-bond acceptors (Lipinski definition) is 3. The van der Waals surface area contributed by atoms with E-state index < -0.39 is 5.54 Å². The number of amides is 1. The van der Waals surface area contributed by atoms with Crippen molar-refractivity contribution in [2.45, 2.75) is 32.2 Å². The largest absolute Gasteiger partial charge is 0.382 e. The molecule has 0 saturated carbocycles. The first-order chi connectivity index (χ1) is 11.0. The molecule has 0 fully saturated rings. The highest BCUT2D eigenvalue weighted by molar-refractivity contribution is 5.87. The maximum atomic E-state index is 12.2. The zero-order valence-electron chi connectivity index (χ0n) is 13.8. The average molecular weight is 314 g/mol. The van der Waals surface area contributed by atoms with E-state index >= 15 is 0 Å². The molecule has 0 spiro atoms. The molecule has 2 heterocycles. The molecule has 23 heavy (non-hydrogen) atoms. The summed E-state index contributed by atoms with van der Waals surface area (Å²) in [4.78, 5) is 29.5. The molecule has 1 unspecified atom stereocenters. The number of fused-ring (bicyclic) bond motifs is 3. The number of Topliss-reactive ketones (excluding diaryl/α,β-unsaturated/α-hetero) is 1. The van der Waals surface area contributed by atoms with Crippen LogP contribution in [0.25, 0.3) is 10.9 Å². The summed E-state index contributed by atoms with van der Waals surface area (Å²) < 4.78 is 5.45. The van der Waals surface area contributed by atoms with E-state index in [4.69, 9.17) is 4.74 Å². The number of carbonyl (C=O) groups is 2. The van der Waals surface area contributed by atoms with Gasteiger partial charge in [0.2, 0.25) is 5.91 Å². The lowest BCUT2D eigenvalue weighted by atomic mass is 9.81. The number of nitrogens with zero attached hydrogens (tertiary/aromatic N) is 1. The Labute approximate surface area is 135 Å². The lowest BCUT2D eigenvalue weighted by molar-refractivity contribution is -0.142. The van der Waals surface area contributed by atoms with Crippen molar-refractivity contribution in [3.05, 3.63) is 35.5 Å². The van der Waals surface area contributed by atoms with E-state index in [1.807, 2.05) is 18.2 Å². The minimum Gasteiger partial charge on any atom is -0.382 e. The topological polar surface area (TPSA) is 62.4 Å². The number of methoxy groups -OCH3 is 1. The van der Waals surface area contributed by atoms with Crippen LogP contribution in [0.5, 0.6) is 0 Å². The Morgan fingerprint density at radius 2 is 2.04 bits per heavy atom. The minimum absolute atomic E-state index is 0.0346. The molecule has 1 amide bonds. The molecule has 3 rings (SSSR count). The summed E-state index contributed by atoms with van der Waals surface area (Å²) in [7, 11) is 1.61. The van der Waals surface area contributed by atoms with Crippen molar-refractivity contribution in [1.29, 1.82) is 0 Å². The van der Waals surface area contributed by atoms with Gasteiger partial charge in [0.05, 0.1) is 6.61 Å². The van der Waals surface area contributed by atoms with E-state index in [1.165, 1.54) is 5.56 Å². The molecular weight excluding hydrogens is 292 g/mol. The van der Waals surface area contributed by atoms with Gasteiger partial charge in [-0.3, -0.25) is 9.59 Å². The molecule has 5 nitrogen and oxygen atoms in total. The van der Waals surface area contributed by atoms with Gasteiger partial charge in [-0.25, -0.2) is 0 Å². The second kappa shape index (κ2) is 5.81. The lowest BCUT2D eigenvalue weighted by Crippen LogP contribution is -2.56. The maximum absolute atomic E-state index is 12.2. The normalized spacial score (nSPS) is 20.6. The molecule has 0 radical (unpaired) electrons. The monoisotopic (exact) mass is 314 g/mol. The number of H-pyrrole nitrogens is 1. The van der Waals surface area contributed by atoms with Crippen molar-refractivity contribution in [3.63, 3.8) is 0 Å². The predicted octanol–water partition coefficient (Wildman–Crippen LogP) is 2.39. The van der Waals surface area contributed by atoms with Gasteiger partial charge >= 0.3 is 0 Å². The van der Waals surface area contributed by atoms with Crippen molar-refractivity contribution < 1.29 is 14.3 Å². The van der Waals surface area contributed by atoms with Crippen LogP contribution in [0.2, 0.25) is 0 Å². The number of benzene rings is 1. The second-order valence-corrected chi connectivity index (χ2v) is 6.29. The second-order valence-electron chi connectivity index (χ2n) is 6.29. The van der Waals surface area contributed by atoms with Crippen LogP contribution in [0, 0.1) is 0 Å². The number of nitrogens with one attached hydrogen (secondary N) is 1. The first-order valence-electron chi connectivity index (χ1n) is 7.86. The number of aromatic nitrogens is 1. The van der Waals surface area contributed by atoms with Crippen molar-refractivity contribution in [3.8, 4) is 0 Å². The highest BCUT2D eigenvalue weighted by Gasteiger charge is 2.46. The van der Waals surface area contributed by atoms with Crippen LogP contribution in [0.1, 0.15) is 31.5 Å². The fourth-order valence-electron chi connectivity index (χ4n) is 3.92. The van der Waals surface area contributed by atoms with Crippen LogP contribution in [-0.2, 0) is 26.3 Å². The SMILES string of the molecule is COCC1(CC(C)=O)c2[nH]c3ccccc3c2CCN1C(C)=O. The van der Waals surface area contributed by atoms with E-state index in [1.54, 1.807) is 25.9 Å². The third kappa shape index (κ3) is 2.45. The fourth-order valence-corrected chi connectivity index (χ4v) is 3.92. The zero-order chi connectivity index (χ0) is 16.6. The first-order valence-corrected chi connectivity index (χ1v) is 7.86. The number of rotatable bonds is 4. The first kappa shape index (κ1) is 15.7. The number of hydrogen-bond donors (Lipinski definition) is 1. The third-order valence-electron chi connectivity index (χ3n) is 4.69. The summed E-state index contributed by atoms with van der Waals surface area (Å²) in [6.07, 6.45) is 1.03. The van der Waals surface area contributed by atoms with Crippen molar-refractivity contribution >= 4 is 22.6 Å². The van der Waals surface area contributed by atoms with Gasteiger partial charge in [-0.2, -0.15) is 0 Å². The molecule has 1 aliphatic rings. The molecule has 1 aromatic heterocycles. The summed E-state index contributed by atoms with van der Waals surface area (Å²) in [5.74, 6) is 0.00686. The zero-order valence-corrected chi connectivity index (χ0v) is 13.8. The highest BCUT2D eigenvalue weighted by Crippen LogP contribution is 2.41. The van der Waals surface area contributed by atoms with Gasteiger partial charge in [0, 0.05) is 43.6 Å². The quantitative estimate of drug-likeness (QED) is 0.942. The third-order valence-corrected chi connectivity index (χ3v) is 4.69. The Morgan fingerprint density at radius 3 is 2.70 bits per heavy atom. The summed E-state index contributed by atoms with van der Waals surface area (Å²) in [6.45, 7) is 4.01. The van der Waals surface area contributed by atoms with Gasteiger partial charge in [-0.05, 0) is 25.0 Å². The molecule has 5 heteroatoms. The lowest BCUT2D eigenvalue weighted by Gasteiger charge is -2.46. The van der Waals surface area contributed by atoms with Crippen LogP contribution in [0.4, 0.5) is 0 Å². The van der Waals surface area contributed by atoms with Crippen molar-refractivity contribution in [1.82, 2.24) is 9.88 Å². The molecule has 122 valence electrons. The average Bonchev–Trinajstić information content (AvgIpc) is 2.87. The van der Waals surface area contributed by atoms with Gasteiger partial charge < -0.3 is 14.6 Å². The van der Waals surface area contributed by atoms with Crippen LogP contribution in [0.3, 0.4) is 0 Å². The van der Waals surface area contributed by atoms with Gasteiger partial charge in [0.25, 0.3) is 0 Å².